The zero-order chi connectivity index (χ0) is 32.9. The van der Waals surface area contributed by atoms with Crippen molar-refractivity contribution in [2.45, 2.75) is 6.54 Å². The van der Waals surface area contributed by atoms with Crippen LogP contribution in [0, 0.1) is 5.82 Å². The Balaban J connectivity index is 1.25. The topological polar surface area (TPSA) is 97.0 Å². The quantitative estimate of drug-likeness (QED) is 0.227. The summed E-state index contributed by atoms with van der Waals surface area (Å²) in [7, 11) is 3.86. The number of nitrogens with one attached hydrogen (secondary N) is 3. The number of amides is 3. The molecular weight excluding hydrogens is 595 g/mol. The van der Waals surface area contributed by atoms with Crippen LogP contribution < -0.4 is 20.9 Å². The lowest BCUT2D eigenvalue weighted by Crippen LogP contribution is -2.48. The average molecular weight is 633 g/mol. The van der Waals surface area contributed by atoms with E-state index in [0.29, 0.717) is 45.9 Å². The lowest BCUT2D eigenvalue weighted by Gasteiger charge is -2.32. The molecule has 2 aliphatic heterocycles. The van der Waals surface area contributed by atoms with Gasteiger partial charge in [-0.1, -0.05) is 36.4 Å². The summed E-state index contributed by atoms with van der Waals surface area (Å²) in [5.41, 5.74) is 5.42. The molecule has 0 atom stereocenters. The van der Waals surface area contributed by atoms with E-state index in [-0.39, 0.29) is 24.3 Å². The van der Waals surface area contributed by atoms with E-state index in [0.717, 1.165) is 37.4 Å². The van der Waals surface area contributed by atoms with Crippen molar-refractivity contribution in [3.8, 4) is 0 Å². The van der Waals surface area contributed by atoms with Crippen LogP contribution in [0.25, 0.3) is 11.3 Å². The second-order valence-corrected chi connectivity index (χ2v) is 11.8. The van der Waals surface area contributed by atoms with Crippen molar-refractivity contribution in [1.29, 1.82) is 0 Å². The molecule has 4 aromatic carbocycles. The number of rotatable bonds is 9. The summed E-state index contributed by atoms with van der Waals surface area (Å²) in [4.78, 5) is 45.2. The van der Waals surface area contributed by atoms with Crippen molar-refractivity contribution >= 4 is 46.1 Å². The molecule has 1 fully saturated rings. The summed E-state index contributed by atoms with van der Waals surface area (Å²) in [5.74, 6) is -0.980. The SMILES string of the molecule is CN1CCN(CC(=O)N(C)c2ccc(NC(=C3C(=O)Nc4cc(F)ccc43)c3cccc(CNC(=O)c4ccccc4)c3)cc2)CC1. The van der Waals surface area contributed by atoms with Gasteiger partial charge in [0.05, 0.1) is 23.5 Å². The van der Waals surface area contributed by atoms with Gasteiger partial charge in [-0.2, -0.15) is 0 Å². The zero-order valence-electron chi connectivity index (χ0n) is 26.4. The first-order valence-corrected chi connectivity index (χ1v) is 15.6. The molecule has 9 nitrogen and oxygen atoms in total. The van der Waals surface area contributed by atoms with Crippen molar-refractivity contribution < 1.29 is 18.8 Å². The van der Waals surface area contributed by atoms with E-state index < -0.39 is 5.82 Å². The Kier molecular flexibility index (Phi) is 9.42. The van der Waals surface area contributed by atoms with Crippen LogP contribution in [-0.4, -0.2) is 74.3 Å². The molecule has 240 valence electrons. The molecule has 0 radical (unpaired) electrons. The monoisotopic (exact) mass is 632 g/mol. The normalized spacial score (nSPS) is 15.9. The third-order valence-corrected chi connectivity index (χ3v) is 8.53. The zero-order valence-corrected chi connectivity index (χ0v) is 26.4. The van der Waals surface area contributed by atoms with Gasteiger partial charge >= 0.3 is 0 Å². The van der Waals surface area contributed by atoms with E-state index in [1.807, 2.05) is 66.7 Å². The van der Waals surface area contributed by atoms with Crippen molar-refractivity contribution in [2.24, 2.45) is 0 Å². The molecule has 2 heterocycles. The molecule has 0 aliphatic carbocycles. The van der Waals surface area contributed by atoms with Gasteiger partial charge in [-0.25, -0.2) is 4.39 Å². The largest absolute Gasteiger partial charge is 0.354 e. The molecule has 4 aromatic rings. The molecule has 0 saturated carbocycles. The standard InChI is InChI=1S/C37H37FN6O3/c1-42-17-19-44(20-18-42)24-33(45)43(2)30-14-12-29(13-15-30)40-35(34-31-16-11-28(38)22-32(31)41-37(34)47)27-10-6-7-25(21-27)23-39-36(46)26-8-4-3-5-9-26/h3-16,21-22,40H,17-20,23-24H2,1-2H3,(H,39,46)(H,41,47). The van der Waals surface area contributed by atoms with Gasteiger partial charge in [-0.05, 0) is 78.8 Å². The highest BCUT2D eigenvalue weighted by molar-refractivity contribution is 6.37. The Bertz CT molecular complexity index is 1820. The number of benzene rings is 4. The van der Waals surface area contributed by atoms with E-state index in [4.69, 9.17) is 0 Å². The van der Waals surface area contributed by atoms with Gasteiger partial charge in [0.1, 0.15) is 5.82 Å². The summed E-state index contributed by atoms with van der Waals surface area (Å²) in [6, 6.07) is 28.2. The Morgan fingerprint density at radius 1 is 0.872 bits per heavy atom. The number of hydrogen-bond donors (Lipinski definition) is 3. The number of fused-ring (bicyclic) bond motifs is 1. The maximum Gasteiger partial charge on any atom is 0.258 e. The molecular formula is C37H37FN6O3. The smallest absolute Gasteiger partial charge is 0.258 e. The minimum absolute atomic E-state index is 0.0145. The van der Waals surface area contributed by atoms with Crippen LogP contribution in [0.4, 0.5) is 21.5 Å². The summed E-state index contributed by atoms with van der Waals surface area (Å²) in [5, 5.41) is 9.16. The predicted octanol–water partition coefficient (Wildman–Crippen LogP) is 4.90. The predicted molar refractivity (Wildman–Crippen MR) is 183 cm³/mol. The molecule has 1 saturated heterocycles. The fourth-order valence-corrected chi connectivity index (χ4v) is 5.74. The first kappa shape index (κ1) is 31.7. The number of nitrogens with zero attached hydrogens (tertiary/aromatic N) is 3. The van der Waals surface area contributed by atoms with E-state index >= 15 is 0 Å². The highest BCUT2D eigenvalue weighted by atomic mass is 19.1. The van der Waals surface area contributed by atoms with Gasteiger partial charge in [0.15, 0.2) is 0 Å². The van der Waals surface area contributed by atoms with Crippen molar-refractivity contribution in [3.63, 3.8) is 0 Å². The Morgan fingerprint density at radius 3 is 2.34 bits per heavy atom. The maximum atomic E-state index is 14.1. The highest BCUT2D eigenvalue weighted by Gasteiger charge is 2.29. The molecule has 6 rings (SSSR count). The maximum absolute atomic E-state index is 14.1. The number of piperazine rings is 1. The van der Waals surface area contributed by atoms with Crippen LogP contribution in [0.15, 0.2) is 97.1 Å². The molecule has 2 aliphatic rings. The van der Waals surface area contributed by atoms with Crippen LogP contribution in [-0.2, 0) is 16.1 Å². The van der Waals surface area contributed by atoms with Crippen molar-refractivity contribution in [1.82, 2.24) is 15.1 Å². The summed E-state index contributed by atoms with van der Waals surface area (Å²) < 4.78 is 14.1. The molecule has 0 bridgehead atoms. The van der Waals surface area contributed by atoms with Crippen LogP contribution in [0.1, 0.15) is 27.0 Å². The lowest BCUT2D eigenvalue weighted by atomic mass is 9.98. The van der Waals surface area contributed by atoms with Gasteiger partial charge < -0.3 is 25.8 Å². The van der Waals surface area contributed by atoms with Crippen LogP contribution in [0.3, 0.4) is 0 Å². The number of anilines is 3. The minimum Gasteiger partial charge on any atom is -0.354 e. The Hall–Kier alpha value is -5.32. The number of likely N-dealkylation sites (N-methyl/N-ethyl adjacent to an activating group) is 2. The molecule has 3 N–H and O–H groups in total. The molecule has 0 aromatic heterocycles. The van der Waals surface area contributed by atoms with E-state index in [9.17, 15) is 18.8 Å². The second-order valence-electron chi connectivity index (χ2n) is 11.8. The summed E-state index contributed by atoms with van der Waals surface area (Å²) in [6.45, 7) is 4.25. The molecule has 0 spiro atoms. The van der Waals surface area contributed by atoms with Crippen LogP contribution in [0.5, 0.6) is 0 Å². The van der Waals surface area contributed by atoms with Crippen molar-refractivity contribution in [3.05, 3.63) is 125 Å². The van der Waals surface area contributed by atoms with Gasteiger partial charge in [-0.15, -0.1) is 0 Å². The van der Waals surface area contributed by atoms with Crippen LogP contribution >= 0.6 is 0 Å². The van der Waals surface area contributed by atoms with Crippen molar-refractivity contribution in [2.75, 3.05) is 62.4 Å². The average Bonchev–Trinajstić information content (AvgIpc) is 3.41. The molecule has 10 heteroatoms. The molecule has 0 unspecified atom stereocenters. The minimum atomic E-state index is -0.446. The van der Waals surface area contributed by atoms with Gasteiger partial charge in [-0.3, -0.25) is 19.3 Å². The van der Waals surface area contributed by atoms with Gasteiger partial charge in [0, 0.05) is 62.3 Å². The lowest BCUT2D eigenvalue weighted by molar-refractivity contribution is -0.119. The summed E-state index contributed by atoms with van der Waals surface area (Å²) >= 11 is 0. The Labute approximate surface area is 273 Å². The second kappa shape index (κ2) is 14.0. The number of halogens is 1. The Morgan fingerprint density at radius 2 is 1.60 bits per heavy atom. The number of carbonyl (C=O) groups excluding carboxylic acids is 3. The van der Waals surface area contributed by atoms with Crippen LogP contribution in [0.2, 0.25) is 0 Å². The number of carbonyl (C=O) groups is 3. The highest BCUT2D eigenvalue weighted by Crippen LogP contribution is 2.38. The van der Waals surface area contributed by atoms with E-state index in [1.165, 1.54) is 12.1 Å². The van der Waals surface area contributed by atoms with E-state index in [1.54, 1.807) is 30.1 Å². The fraction of sp³-hybridized carbons (Fsp3) is 0.216. The first-order valence-electron chi connectivity index (χ1n) is 15.6. The van der Waals surface area contributed by atoms with E-state index in [2.05, 4.69) is 32.8 Å². The number of hydrogen-bond acceptors (Lipinski definition) is 6. The third-order valence-electron chi connectivity index (χ3n) is 8.53. The third kappa shape index (κ3) is 7.40. The molecule has 3 amide bonds. The van der Waals surface area contributed by atoms with Gasteiger partial charge in [0.2, 0.25) is 5.91 Å². The first-order chi connectivity index (χ1) is 22.7. The van der Waals surface area contributed by atoms with Gasteiger partial charge in [0.25, 0.3) is 11.8 Å². The fourth-order valence-electron chi connectivity index (χ4n) is 5.74. The molecule has 47 heavy (non-hydrogen) atoms. The summed E-state index contributed by atoms with van der Waals surface area (Å²) in [6.07, 6.45) is 0.